The third-order valence-corrected chi connectivity index (χ3v) is 5.22. The quantitative estimate of drug-likeness (QED) is 0.583. The smallest absolute Gasteiger partial charge is 0.251 e. The Kier molecular flexibility index (Phi) is 6.20. The van der Waals surface area contributed by atoms with Crippen LogP contribution in [0.15, 0.2) is 40.1 Å². The lowest BCUT2D eigenvalue weighted by Crippen LogP contribution is -2.31. The molecule has 2 aromatic heterocycles. The van der Waals surface area contributed by atoms with E-state index in [-0.39, 0.29) is 41.7 Å². The molecule has 0 spiro atoms. The Bertz CT molecular complexity index is 1060. The number of aryl methyl sites for hydroxylation is 1. The number of hydrogen-bond donors (Lipinski definition) is 1. The monoisotopic (exact) mass is 408 g/mol. The number of aromatic nitrogens is 2. The maximum atomic E-state index is 12.6. The largest absolute Gasteiger partial charge is 0.439 e. The highest BCUT2D eigenvalue weighted by Gasteiger charge is 2.24. The Labute approximate surface area is 172 Å². The molecule has 1 N–H and O–H groups in total. The highest BCUT2D eigenvalue weighted by atomic mass is 32.1. The molecule has 7 nitrogen and oxygen atoms in total. The fourth-order valence-corrected chi connectivity index (χ4v) is 3.79. The second-order valence-corrected chi connectivity index (χ2v) is 7.70. The molecule has 0 aliphatic rings. The number of Topliss-reactive ketones (excluding diaryl/α,β-unsaturated/α-hetero) is 1. The SMILES string of the molecule is Cc1oc(-c2csc([C@@H](NC(=O)c3ccccc3)C(C)C)n2)nc1C(=O)CC#N. The van der Waals surface area contributed by atoms with Gasteiger partial charge in [0.2, 0.25) is 5.89 Å². The highest BCUT2D eigenvalue weighted by Crippen LogP contribution is 2.30. The second-order valence-electron chi connectivity index (χ2n) is 6.81. The molecule has 29 heavy (non-hydrogen) atoms. The standard InChI is InChI=1S/C21H20N4O3S/c1-12(2)17(24-19(27)14-7-5-4-6-8-14)21-23-15(11-29-21)20-25-18(13(3)28-20)16(26)9-10-22/h4-8,11-12,17H,9H2,1-3H3,(H,24,27)/t17-/m0/s1. The zero-order chi connectivity index (χ0) is 21.0. The zero-order valence-corrected chi connectivity index (χ0v) is 17.1. The Hall–Kier alpha value is -3.31. The van der Waals surface area contributed by atoms with Crippen LogP contribution in [0.1, 0.15) is 57.9 Å². The summed E-state index contributed by atoms with van der Waals surface area (Å²) in [7, 11) is 0. The van der Waals surface area contributed by atoms with Crippen molar-refractivity contribution in [3.8, 4) is 17.7 Å². The average molecular weight is 408 g/mol. The molecule has 0 saturated carbocycles. The summed E-state index contributed by atoms with van der Waals surface area (Å²) >= 11 is 1.39. The van der Waals surface area contributed by atoms with Crippen molar-refractivity contribution in [2.45, 2.75) is 33.2 Å². The molecule has 0 bridgehead atoms. The van der Waals surface area contributed by atoms with Gasteiger partial charge < -0.3 is 9.73 Å². The third kappa shape index (κ3) is 4.58. The molecule has 0 saturated heterocycles. The van der Waals surface area contributed by atoms with E-state index in [1.165, 1.54) is 11.3 Å². The van der Waals surface area contributed by atoms with Crippen molar-refractivity contribution < 1.29 is 14.0 Å². The molecule has 148 valence electrons. The van der Waals surface area contributed by atoms with E-state index >= 15 is 0 Å². The maximum absolute atomic E-state index is 12.6. The number of benzene rings is 1. The summed E-state index contributed by atoms with van der Waals surface area (Å²) in [6.07, 6.45) is -0.254. The molecule has 0 aliphatic heterocycles. The molecule has 1 amide bonds. The number of thiazole rings is 1. The Morgan fingerprint density at radius 2 is 1.97 bits per heavy atom. The zero-order valence-electron chi connectivity index (χ0n) is 16.3. The first-order valence-electron chi connectivity index (χ1n) is 9.10. The Morgan fingerprint density at radius 3 is 2.62 bits per heavy atom. The molecule has 0 fully saturated rings. The van der Waals surface area contributed by atoms with E-state index in [0.29, 0.717) is 17.0 Å². The van der Waals surface area contributed by atoms with Crippen LogP contribution in [-0.2, 0) is 0 Å². The molecule has 1 aromatic carbocycles. The van der Waals surface area contributed by atoms with Gasteiger partial charge >= 0.3 is 0 Å². The van der Waals surface area contributed by atoms with Gasteiger partial charge in [-0.25, -0.2) is 9.97 Å². The van der Waals surface area contributed by atoms with E-state index in [1.807, 2.05) is 38.1 Å². The van der Waals surface area contributed by atoms with Crippen LogP contribution in [0.5, 0.6) is 0 Å². The fraction of sp³-hybridized carbons (Fsp3) is 0.286. The van der Waals surface area contributed by atoms with Gasteiger partial charge in [-0.3, -0.25) is 9.59 Å². The number of carbonyl (C=O) groups excluding carboxylic acids is 2. The molecule has 3 aromatic rings. The number of carbonyl (C=O) groups is 2. The number of nitrogens with one attached hydrogen (secondary N) is 1. The molecule has 2 heterocycles. The van der Waals surface area contributed by atoms with E-state index in [1.54, 1.807) is 24.4 Å². The lowest BCUT2D eigenvalue weighted by molar-refractivity contribution is 0.0924. The topological polar surface area (TPSA) is 109 Å². The molecular weight excluding hydrogens is 388 g/mol. The lowest BCUT2D eigenvalue weighted by Gasteiger charge is -2.20. The maximum Gasteiger partial charge on any atom is 0.251 e. The number of nitrogens with zero attached hydrogens (tertiary/aromatic N) is 3. The van der Waals surface area contributed by atoms with Gasteiger partial charge in [-0.05, 0) is 25.0 Å². The van der Waals surface area contributed by atoms with Crippen LogP contribution in [0.25, 0.3) is 11.6 Å². The van der Waals surface area contributed by atoms with Crippen molar-refractivity contribution in [2.24, 2.45) is 5.92 Å². The summed E-state index contributed by atoms with van der Waals surface area (Å²) < 4.78 is 5.59. The van der Waals surface area contributed by atoms with Crippen LogP contribution in [-0.4, -0.2) is 21.7 Å². The van der Waals surface area contributed by atoms with Crippen molar-refractivity contribution in [1.29, 1.82) is 5.26 Å². The van der Waals surface area contributed by atoms with Gasteiger partial charge in [0.25, 0.3) is 5.91 Å². The van der Waals surface area contributed by atoms with Crippen molar-refractivity contribution in [3.05, 3.63) is 57.7 Å². The minimum absolute atomic E-state index is 0.112. The van der Waals surface area contributed by atoms with Gasteiger partial charge in [0, 0.05) is 10.9 Å². The average Bonchev–Trinajstić information content (AvgIpc) is 3.33. The van der Waals surface area contributed by atoms with Crippen LogP contribution < -0.4 is 5.32 Å². The van der Waals surface area contributed by atoms with Crippen LogP contribution in [0.4, 0.5) is 0 Å². The normalized spacial score (nSPS) is 11.8. The molecule has 1 atom stereocenters. The predicted octanol–water partition coefficient (Wildman–Crippen LogP) is 4.33. The highest BCUT2D eigenvalue weighted by molar-refractivity contribution is 7.10. The van der Waals surface area contributed by atoms with Crippen LogP contribution in [0.3, 0.4) is 0 Å². The van der Waals surface area contributed by atoms with Crippen molar-refractivity contribution >= 4 is 23.0 Å². The van der Waals surface area contributed by atoms with Gasteiger partial charge in [-0.2, -0.15) is 5.26 Å². The minimum atomic E-state index is -0.384. The number of nitriles is 1. The third-order valence-electron chi connectivity index (χ3n) is 4.30. The predicted molar refractivity (Wildman–Crippen MR) is 108 cm³/mol. The lowest BCUT2D eigenvalue weighted by atomic mass is 10.0. The molecule has 3 rings (SSSR count). The summed E-state index contributed by atoms with van der Waals surface area (Å²) in [5, 5.41) is 14.2. The van der Waals surface area contributed by atoms with E-state index in [4.69, 9.17) is 9.68 Å². The first-order valence-corrected chi connectivity index (χ1v) is 9.98. The minimum Gasteiger partial charge on any atom is -0.439 e. The van der Waals surface area contributed by atoms with Gasteiger partial charge in [-0.1, -0.05) is 32.0 Å². The molecular formula is C21H20N4O3S. The van der Waals surface area contributed by atoms with Crippen LogP contribution in [0, 0.1) is 24.2 Å². The van der Waals surface area contributed by atoms with Gasteiger partial charge in [0.1, 0.15) is 28.6 Å². The summed E-state index contributed by atoms with van der Waals surface area (Å²) in [4.78, 5) is 33.3. The van der Waals surface area contributed by atoms with Gasteiger partial charge in [0.15, 0.2) is 5.78 Å². The Balaban J connectivity index is 1.83. The van der Waals surface area contributed by atoms with Crippen LogP contribution in [0.2, 0.25) is 0 Å². The van der Waals surface area contributed by atoms with E-state index in [0.717, 1.165) is 5.01 Å². The summed E-state index contributed by atoms with van der Waals surface area (Å²) in [6, 6.07) is 10.6. The van der Waals surface area contributed by atoms with Crippen LogP contribution >= 0.6 is 11.3 Å². The van der Waals surface area contributed by atoms with E-state index in [9.17, 15) is 9.59 Å². The first kappa shape index (κ1) is 20.4. The van der Waals surface area contributed by atoms with Gasteiger partial charge in [0.05, 0.1) is 12.1 Å². The number of amides is 1. The van der Waals surface area contributed by atoms with Crippen molar-refractivity contribution in [3.63, 3.8) is 0 Å². The molecule has 8 heteroatoms. The molecule has 0 aliphatic carbocycles. The second kappa shape index (κ2) is 8.80. The number of ketones is 1. The number of hydrogen-bond acceptors (Lipinski definition) is 7. The Morgan fingerprint density at radius 1 is 1.24 bits per heavy atom. The van der Waals surface area contributed by atoms with E-state index in [2.05, 4.69) is 15.3 Å². The number of rotatable bonds is 7. The first-order chi connectivity index (χ1) is 13.9. The van der Waals surface area contributed by atoms with E-state index < -0.39 is 0 Å². The fourth-order valence-electron chi connectivity index (χ4n) is 2.78. The van der Waals surface area contributed by atoms with Gasteiger partial charge in [-0.15, -0.1) is 11.3 Å². The molecule has 0 unspecified atom stereocenters. The molecule has 0 radical (unpaired) electrons. The van der Waals surface area contributed by atoms with Crippen molar-refractivity contribution in [2.75, 3.05) is 0 Å². The summed E-state index contributed by atoms with van der Waals surface area (Å²) in [5.41, 5.74) is 1.22. The number of oxazole rings is 1. The summed E-state index contributed by atoms with van der Waals surface area (Å²) in [6.45, 7) is 5.64. The summed E-state index contributed by atoms with van der Waals surface area (Å²) in [5.74, 6) is 0.138. The van der Waals surface area contributed by atoms with Crippen molar-refractivity contribution in [1.82, 2.24) is 15.3 Å².